The number of ketones is 1. The number of hydrogen-bond acceptors (Lipinski definition) is 5. The molecule has 6 rings (SSSR count). The lowest BCUT2D eigenvalue weighted by Crippen LogP contribution is -2.34. The number of nitrogens with zero attached hydrogens (tertiary/aromatic N) is 3. The minimum Gasteiger partial charge on any atom is -0.380 e. The molecule has 6 nitrogen and oxygen atoms in total. The van der Waals surface area contributed by atoms with E-state index in [4.69, 9.17) is 9.72 Å². The summed E-state index contributed by atoms with van der Waals surface area (Å²) in [6.45, 7) is 3.63. The van der Waals surface area contributed by atoms with Gasteiger partial charge in [0.05, 0.1) is 12.3 Å². The van der Waals surface area contributed by atoms with E-state index in [9.17, 15) is 9.59 Å². The zero-order valence-corrected chi connectivity index (χ0v) is 20.5. The summed E-state index contributed by atoms with van der Waals surface area (Å²) in [6.07, 6.45) is 4.63. The van der Waals surface area contributed by atoms with Crippen molar-refractivity contribution in [2.75, 3.05) is 42.6 Å². The van der Waals surface area contributed by atoms with Gasteiger partial charge in [-0.15, -0.1) is 0 Å². The molecule has 0 unspecified atom stereocenters. The summed E-state index contributed by atoms with van der Waals surface area (Å²) >= 11 is 0. The number of fused-ring (bicyclic) bond motifs is 3. The molecule has 1 aliphatic carbocycles. The van der Waals surface area contributed by atoms with Crippen LogP contribution in [-0.2, 0) is 11.2 Å². The first-order chi connectivity index (χ1) is 17.7. The average molecular weight is 482 g/mol. The molecule has 0 atom stereocenters. The summed E-state index contributed by atoms with van der Waals surface area (Å²) < 4.78 is 5.58. The fourth-order valence-corrected chi connectivity index (χ4v) is 5.25. The Kier molecular flexibility index (Phi) is 6.28. The van der Waals surface area contributed by atoms with Gasteiger partial charge in [-0.1, -0.05) is 36.4 Å². The van der Waals surface area contributed by atoms with Crippen molar-refractivity contribution in [1.29, 1.82) is 0 Å². The third kappa shape index (κ3) is 4.65. The lowest BCUT2D eigenvalue weighted by atomic mass is 9.93. The quantitative estimate of drug-likeness (QED) is 0.471. The largest absolute Gasteiger partial charge is 0.380 e. The van der Waals surface area contributed by atoms with Crippen molar-refractivity contribution in [2.45, 2.75) is 32.1 Å². The molecule has 2 aliphatic heterocycles. The second kappa shape index (κ2) is 9.86. The molecule has 2 fully saturated rings. The van der Waals surface area contributed by atoms with Crippen LogP contribution in [0.1, 0.15) is 52.1 Å². The molecule has 184 valence electrons. The van der Waals surface area contributed by atoms with Gasteiger partial charge in [-0.3, -0.25) is 9.59 Å². The molecule has 0 radical (unpaired) electrons. The summed E-state index contributed by atoms with van der Waals surface area (Å²) in [6, 6.07) is 19.8. The van der Waals surface area contributed by atoms with E-state index in [2.05, 4.69) is 17.0 Å². The van der Waals surface area contributed by atoms with E-state index in [1.807, 2.05) is 47.4 Å². The molecule has 1 saturated carbocycles. The van der Waals surface area contributed by atoms with Crippen molar-refractivity contribution in [3.05, 3.63) is 77.5 Å². The van der Waals surface area contributed by atoms with Gasteiger partial charge in [-0.25, -0.2) is 4.98 Å². The zero-order chi connectivity index (χ0) is 24.5. The molecule has 1 saturated heterocycles. The monoisotopic (exact) mass is 481 g/mol. The van der Waals surface area contributed by atoms with Gasteiger partial charge in [0.25, 0.3) is 5.91 Å². The number of benzene rings is 2. The molecule has 0 N–H and O–H groups in total. The summed E-state index contributed by atoms with van der Waals surface area (Å²) in [7, 11) is 0. The van der Waals surface area contributed by atoms with Gasteiger partial charge in [-0.05, 0) is 67.0 Å². The number of rotatable bonds is 5. The zero-order valence-electron chi connectivity index (χ0n) is 20.5. The third-order valence-corrected chi connectivity index (χ3v) is 7.44. The van der Waals surface area contributed by atoms with E-state index in [1.54, 1.807) is 6.07 Å². The van der Waals surface area contributed by atoms with Crippen LogP contribution in [-0.4, -0.2) is 49.5 Å². The molecule has 1 aromatic heterocycles. The minimum atomic E-state index is -0.104. The number of hydrogen-bond donors (Lipinski definition) is 0. The first-order valence-corrected chi connectivity index (χ1v) is 13.0. The number of carbonyl (C=O) groups is 2. The Morgan fingerprint density at radius 3 is 2.69 bits per heavy atom. The van der Waals surface area contributed by atoms with E-state index in [-0.39, 0.29) is 11.7 Å². The number of pyridine rings is 1. The Morgan fingerprint density at radius 2 is 1.81 bits per heavy atom. The van der Waals surface area contributed by atoms with Gasteiger partial charge < -0.3 is 14.5 Å². The summed E-state index contributed by atoms with van der Waals surface area (Å²) in [5.74, 6) is 1.49. The Labute approximate surface area is 211 Å². The fourth-order valence-electron chi connectivity index (χ4n) is 5.25. The van der Waals surface area contributed by atoms with Gasteiger partial charge in [0.1, 0.15) is 11.5 Å². The van der Waals surface area contributed by atoms with E-state index >= 15 is 0 Å². The molecule has 0 bridgehead atoms. The first-order valence-electron chi connectivity index (χ1n) is 13.0. The van der Waals surface area contributed by atoms with Gasteiger partial charge in [-0.2, -0.15) is 0 Å². The number of anilines is 2. The van der Waals surface area contributed by atoms with E-state index in [0.717, 1.165) is 79.1 Å². The van der Waals surface area contributed by atoms with Crippen LogP contribution in [0.3, 0.4) is 0 Å². The number of para-hydroxylation sites is 1. The van der Waals surface area contributed by atoms with Crippen LogP contribution in [0, 0.1) is 5.92 Å². The van der Waals surface area contributed by atoms with Crippen LogP contribution < -0.4 is 9.80 Å². The SMILES string of the molecule is O=C(CC1CC1)c1ccc2c(c1)-c1ccccc1N(C(=O)c1cccc(N3CCCOCC3)n1)CC2. The Balaban J connectivity index is 1.32. The third-order valence-electron chi connectivity index (χ3n) is 7.44. The van der Waals surface area contributed by atoms with Crippen molar-refractivity contribution in [1.82, 2.24) is 4.98 Å². The highest BCUT2D eigenvalue weighted by Gasteiger charge is 2.28. The first kappa shape index (κ1) is 22.9. The van der Waals surface area contributed by atoms with Gasteiger partial charge in [0.2, 0.25) is 0 Å². The molecule has 6 heteroatoms. The van der Waals surface area contributed by atoms with Gasteiger partial charge >= 0.3 is 0 Å². The second-order valence-corrected chi connectivity index (χ2v) is 10.0. The maximum Gasteiger partial charge on any atom is 0.276 e. The molecular formula is C30H31N3O3. The smallest absolute Gasteiger partial charge is 0.276 e. The average Bonchev–Trinajstić information content (AvgIpc) is 3.77. The predicted molar refractivity (Wildman–Crippen MR) is 141 cm³/mol. The van der Waals surface area contributed by atoms with Crippen molar-refractivity contribution in [3.63, 3.8) is 0 Å². The lowest BCUT2D eigenvalue weighted by Gasteiger charge is -2.24. The number of carbonyl (C=O) groups excluding carboxylic acids is 2. The highest BCUT2D eigenvalue weighted by Crippen LogP contribution is 2.39. The Bertz CT molecular complexity index is 1290. The molecule has 2 aromatic carbocycles. The highest BCUT2D eigenvalue weighted by molar-refractivity contribution is 6.08. The van der Waals surface area contributed by atoms with Crippen LogP contribution in [0.25, 0.3) is 11.1 Å². The van der Waals surface area contributed by atoms with Crippen molar-refractivity contribution < 1.29 is 14.3 Å². The summed E-state index contributed by atoms with van der Waals surface area (Å²) in [4.78, 5) is 35.5. The molecule has 1 amide bonds. The van der Waals surface area contributed by atoms with Crippen molar-refractivity contribution >= 4 is 23.2 Å². The van der Waals surface area contributed by atoms with E-state index < -0.39 is 0 Å². The van der Waals surface area contributed by atoms with Gasteiger partial charge in [0, 0.05) is 43.8 Å². The molecule has 3 aromatic rings. The molecule has 3 aliphatic rings. The summed E-state index contributed by atoms with van der Waals surface area (Å²) in [5.41, 5.74) is 5.27. The van der Waals surface area contributed by atoms with Gasteiger partial charge in [0.15, 0.2) is 5.78 Å². The fraction of sp³-hybridized carbons (Fsp3) is 0.367. The topological polar surface area (TPSA) is 62.7 Å². The minimum absolute atomic E-state index is 0.104. The summed E-state index contributed by atoms with van der Waals surface area (Å²) in [5, 5.41) is 0. The predicted octanol–water partition coefficient (Wildman–Crippen LogP) is 5.16. The van der Waals surface area contributed by atoms with Crippen LogP contribution >= 0.6 is 0 Å². The van der Waals surface area contributed by atoms with Crippen LogP contribution in [0.4, 0.5) is 11.5 Å². The number of Topliss-reactive ketones (excluding diaryl/α,β-unsaturated/α-hetero) is 1. The highest BCUT2D eigenvalue weighted by atomic mass is 16.5. The maximum absolute atomic E-state index is 13.8. The Hall–Kier alpha value is -3.51. The molecule has 36 heavy (non-hydrogen) atoms. The normalized spacial score (nSPS) is 17.6. The Morgan fingerprint density at radius 1 is 0.917 bits per heavy atom. The standard InChI is InChI=1S/C30H31N3O3/c34-28(19-21-9-10-21)23-12-11-22-13-15-33(27-7-2-1-5-24(27)25(22)20-23)30(35)26-6-3-8-29(31-26)32-14-4-17-36-18-16-32/h1-3,5-8,11-12,20-21H,4,9-10,13-19H2. The number of amides is 1. The van der Waals surface area contributed by atoms with Crippen LogP contribution in [0.2, 0.25) is 0 Å². The maximum atomic E-state index is 13.8. The molecule has 0 spiro atoms. The second-order valence-electron chi connectivity index (χ2n) is 10.0. The molecular weight excluding hydrogens is 450 g/mol. The van der Waals surface area contributed by atoms with E-state index in [1.165, 1.54) is 0 Å². The molecule has 3 heterocycles. The van der Waals surface area contributed by atoms with Crippen molar-refractivity contribution in [3.8, 4) is 11.1 Å². The lowest BCUT2D eigenvalue weighted by molar-refractivity contribution is 0.0971. The van der Waals surface area contributed by atoms with E-state index in [0.29, 0.717) is 31.2 Å². The van der Waals surface area contributed by atoms with Crippen LogP contribution in [0.15, 0.2) is 60.7 Å². The van der Waals surface area contributed by atoms with Crippen molar-refractivity contribution in [2.24, 2.45) is 5.92 Å². The van der Waals surface area contributed by atoms with Crippen LogP contribution in [0.5, 0.6) is 0 Å². The number of ether oxygens (including phenoxy) is 1. The number of aromatic nitrogens is 1.